The maximum absolute atomic E-state index is 12.0. The van der Waals surface area contributed by atoms with E-state index in [1.807, 2.05) is 22.1 Å². The average Bonchev–Trinajstić information content (AvgIpc) is 3.39. The van der Waals surface area contributed by atoms with Crippen LogP contribution in [0, 0.1) is 0 Å². The zero-order valence-corrected chi connectivity index (χ0v) is 16.4. The third-order valence-electron chi connectivity index (χ3n) is 3.84. The summed E-state index contributed by atoms with van der Waals surface area (Å²) in [5, 5.41) is 13.4. The Labute approximate surface area is 167 Å². The van der Waals surface area contributed by atoms with Gasteiger partial charge in [0, 0.05) is 18.9 Å². The minimum absolute atomic E-state index is 0.101. The van der Waals surface area contributed by atoms with E-state index < -0.39 is 18.9 Å². The summed E-state index contributed by atoms with van der Waals surface area (Å²) in [6.45, 7) is -0.0917. The quantitative estimate of drug-likeness (QED) is 0.504. The first kappa shape index (κ1) is 20.9. The number of carbonyl (C=O) groups excluding carboxylic acids is 1. The highest BCUT2D eigenvalue weighted by atomic mass is 32.2. The van der Waals surface area contributed by atoms with Crippen LogP contribution >= 0.6 is 23.1 Å². The summed E-state index contributed by atoms with van der Waals surface area (Å²) < 4.78 is 47.9. The van der Waals surface area contributed by atoms with Crippen LogP contribution in [0.1, 0.15) is 12.8 Å². The molecule has 1 aliphatic rings. The summed E-state index contributed by atoms with van der Waals surface area (Å²) in [7, 11) is 0. The molecule has 2 aromatic heterocycles. The molecular weight excluding hydrogens is 417 g/mol. The number of nitrogens with zero attached hydrogens (tertiary/aromatic N) is 3. The van der Waals surface area contributed by atoms with Crippen molar-refractivity contribution < 1.29 is 27.4 Å². The molecule has 1 atom stereocenters. The largest absolute Gasteiger partial charge is 0.440 e. The number of alkyl halides is 3. The molecule has 1 aliphatic heterocycles. The van der Waals surface area contributed by atoms with Crippen LogP contribution < -0.4 is 5.32 Å². The van der Waals surface area contributed by atoms with Gasteiger partial charge < -0.3 is 14.8 Å². The summed E-state index contributed by atoms with van der Waals surface area (Å²) in [6.07, 6.45) is -3.54. The minimum Gasteiger partial charge on any atom is -0.440 e. The first-order valence-corrected chi connectivity index (χ1v) is 10.5. The third-order valence-corrected chi connectivity index (χ3v) is 5.67. The number of hydrogen-bond donors (Lipinski definition) is 1. The second kappa shape index (κ2) is 9.61. The Hall–Kier alpha value is -1.79. The molecule has 1 amide bonds. The van der Waals surface area contributed by atoms with E-state index in [1.54, 1.807) is 11.3 Å². The van der Waals surface area contributed by atoms with Gasteiger partial charge in [-0.15, -0.1) is 21.5 Å². The van der Waals surface area contributed by atoms with Crippen LogP contribution in [0.15, 0.2) is 22.7 Å². The lowest BCUT2D eigenvalue weighted by Gasteiger charge is -2.14. The van der Waals surface area contributed by atoms with Gasteiger partial charge in [-0.05, 0) is 24.3 Å². The zero-order valence-electron chi connectivity index (χ0n) is 14.8. The lowest BCUT2D eigenvalue weighted by atomic mass is 10.2. The molecule has 0 saturated carbocycles. The number of halogens is 3. The fourth-order valence-electron chi connectivity index (χ4n) is 2.63. The molecule has 1 saturated heterocycles. The molecule has 3 heterocycles. The maximum Gasteiger partial charge on any atom is 0.422 e. The van der Waals surface area contributed by atoms with E-state index in [4.69, 9.17) is 4.74 Å². The van der Waals surface area contributed by atoms with Crippen molar-refractivity contribution in [1.82, 2.24) is 20.1 Å². The van der Waals surface area contributed by atoms with E-state index in [9.17, 15) is 18.0 Å². The number of aromatic nitrogens is 3. The standard InChI is InChI=1S/C16H19F3N4O3S2/c17-16(18,19)10-26-15(24)20-5-8-28-14-22-21-13(12-4-2-7-27-12)23(14)9-11-3-1-6-25-11/h2,4,7,11H,1,3,5-6,8-10H2,(H,20,24). The molecule has 0 bridgehead atoms. The topological polar surface area (TPSA) is 78.3 Å². The maximum atomic E-state index is 12.0. The average molecular weight is 436 g/mol. The van der Waals surface area contributed by atoms with Crippen molar-refractivity contribution in [2.75, 3.05) is 25.5 Å². The molecule has 3 rings (SSSR count). The van der Waals surface area contributed by atoms with Crippen LogP contribution in [0.4, 0.5) is 18.0 Å². The number of hydrogen-bond acceptors (Lipinski definition) is 7. The number of rotatable bonds is 8. The van der Waals surface area contributed by atoms with Gasteiger partial charge in [0.15, 0.2) is 17.6 Å². The van der Waals surface area contributed by atoms with E-state index in [-0.39, 0.29) is 12.6 Å². The molecule has 0 aromatic carbocycles. The Morgan fingerprint density at radius 1 is 1.46 bits per heavy atom. The SMILES string of the molecule is O=C(NCCSc1nnc(-c2cccs2)n1CC1CCCO1)OCC(F)(F)F. The Morgan fingerprint density at radius 2 is 2.32 bits per heavy atom. The number of nitrogens with one attached hydrogen (secondary N) is 1. The van der Waals surface area contributed by atoms with Crippen LogP contribution in [0.5, 0.6) is 0 Å². The first-order valence-electron chi connectivity index (χ1n) is 8.61. The molecule has 1 fully saturated rings. The van der Waals surface area contributed by atoms with Crippen molar-refractivity contribution in [2.45, 2.75) is 36.8 Å². The molecule has 12 heteroatoms. The highest BCUT2D eigenvalue weighted by Gasteiger charge is 2.29. The van der Waals surface area contributed by atoms with Crippen molar-refractivity contribution >= 4 is 29.2 Å². The van der Waals surface area contributed by atoms with Gasteiger partial charge in [0.25, 0.3) is 0 Å². The van der Waals surface area contributed by atoms with Gasteiger partial charge in [0.2, 0.25) is 0 Å². The second-order valence-corrected chi connectivity index (χ2v) is 8.01. The molecule has 0 aliphatic carbocycles. The number of carbonyl (C=O) groups is 1. The van der Waals surface area contributed by atoms with Crippen LogP contribution in [0.3, 0.4) is 0 Å². The normalized spacial score (nSPS) is 17.0. The van der Waals surface area contributed by atoms with Crippen molar-refractivity contribution in [1.29, 1.82) is 0 Å². The highest BCUT2D eigenvalue weighted by Crippen LogP contribution is 2.28. The Kier molecular flexibility index (Phi) is 7.18. The van der Waals surface area contributed by atoms with Gasteiger partial charge in [-0.3, -0.25) is 4.57 Å². The number of thioether (sulfide) groups is 1. The molecule has 1 N–H and O–H groups in total. The van der Waals surface area contributed by atoms with Gasteiger partial charge in [0.1, 0.15) is 0 Å². The summed E-state index contributed by atoms with van der Waals surface area (Å²) in [5.74, 6) is 1.17. The van der Waals surface area contributed by atoms with Gasteiger partial charge >= 0.3 is 12.3 Å². The van der Waals surface area contributed by atoms with Crippen LogP contribution in [-0.4, -0.2) is 58.6 Å². The van der Waals surface area contributed by atoms with Crippen molar-refractivity contribution in [3.63, 3.8) is 0 Å². The van der Waals surface area contributed by atoms with E-state index in [2.05, 4.69) is 20.3 Å². The van der Waals surface area contributed by atoms with Crippen molar-refractivity contribution in [3.8, 4) is 10.7 Å². The molecule has 154 valence electrons. The molecule has 1 unspecified atom stereocenters. The smallest absolute Gasteiger partial charge is 0.422 e. The van der Waals surface area contributed by atoms with Crippen LogP contribution in [0.2, 0.25) is 0 Å². The number of amides is 1. The Bertz CT molecular complexity index is 762. The summed E-state index contributed by atoms with van der Waals surface area (Å²) in [4.78, 5) is 12.3. The molecule has 0 spiro atoms. The monoisotopic (exact) mass is 436 g/mol. The first-order chi connectivity index (χ1) is 13.4. The lowest BCUT2D eigenvalue weighted by molar-refractivity contribution is -0.160. The molecule has 28 heavy (non-hydrogen) atoms. The molecule has 7 nitrogen and oxygen atoms in total. The fourth-order valence-corrected chi connectivity index (χ4v) is 4.15. The van der Waals surface area contributed by atoms with E-state index in [0.29, 0.717) is 17.5 Å². The highest BCUT2D eigenvalue weighted by molar-refractivity contribution is 7.99. The van der Waals surface area contributed by atoms with E-state index in [0.717, 1.165) is 30.2 Å². The van der Waals surface area contributed by atoms with E-state index in [1.165, 1.54) is 11.8 Å². The van der Waals surface area contributed by atoms with Crippen LogP contribution in [-0.2, 0) is 16.0 Å². The molecule has 0 radical (unpaired) electrons. The minimum atomic E-state index is -4.54. The molecular formula is C16H19F3N4O3S2. The molecule has 2 aromatic rings. The summed E-state index contributed by atoms with van der Waals surface area (Å²) in [6, 6.07) is 3.90. The van der Waals surface area contributed by atoms with Gasteiger partial charge in [-0.25, -0.2) is 4.79 Å². The fraction of sp³-hybridized carbons (Fsp3) is 0.562. The zero-order chi connectivity index (χ0) is 20.0. The lowest BCUT2D eigenvalue weighted by Crippen LogP contribution is -2.30. The van der Waals surface area contributed by atoms with Crippen LogP contribution in [0.25, 0.3) is 10.7 Å². The number of ether oxygens (including phenoxy) is 2. The number of alkyl carbamates (subject to hydrolysis) is 1. The second-order valence-electron chi connectivity index (χ2n) is 6.00. The Balaban J connectivity index is 1.55. The summed E-state index contributed by atoms with van der Waals surface area (Å²) in [5.41, 5.74) is 0. The van der Waals surface area contributed by atoms with Gasteiger partial charge in [-0.2, -0.15) is 13.2 Å². The van der Waals surface area contributed by atoms with Gasteiger partial charge in [0.05, 0.1) is 17.5 Å². The number of thiophene rings is 1. The van der Waals surface area contributed by atoms with Crippen molar-refractivity contribution in [2.24, 2.45) is 0 Å². The van der Waals surface area contributed by atoms with E-state index >= 15 is 0 Å². The Morgan fingerprint density at radius 3 is 3.00 bits per heavy atom. The van der Waals surface area contributed by atoms with Gasteiger partial charge in [-0.1, -0.05) is 17.8 Å². The predicted octanol–water partition coefficient (Wildman–Crippen LogP) is 3.57. The van der Waals surface area contributed by atoms with Crippen molar-refractivity contribution in [3.05, 3.63) is 17.5 Å². The summed E-state index contributed by atoms with van der Waals surface area (Å²) >= 11 is 2.92. The predicted molar refractivity (Wildman–Crippen MR) is 98.4 cm³/mol. The third kappa shape index (κ3) is 6.11.